The van der Waals surface area contributed by atoms with Gasteiger partial charge in [-0.3, -0.25) is 0 Å². The predicted molar refractivity (Wildman–Crippen MR) is 141 cm³/mol. The Morgan fingerprint density at radius 2 is 0.742 bits per heavy atom. The zero-order chi connectivity index (χ0) is 21.9. The van der Waals surface area contributed by atoms with E-state index < -0.39 is 16.6 Å². The van der Waals surface area contributed by atoms with E-state index in [1.54, 1.807) is 0 Å². The summed E-state index contributed by atoms with van der Waals surface area (Å²) >= 11 is 0. The van der Waals surface area contributed by atoms with Crippen LogP contribution in [0.5, 0.6) is 0 Å². The highest BCUT2D eigenvalue weighted by Gasteiger charge is 2.62. The molecule has 0 amide bonds. The van der Waals surface area contributed by atoms with Gasteiger partial charge in [-0.2, -0.15) is 0 Å². The van der Waals surface area contributed by atoms with Gasteiger partial charge >= 0.3 is 0 Å². The first kappa shape index (κ1) is 24.5. The number of rotatable bonds is 10. The van der Waals surface area contributed by atoms with E-state index in [-0.39, 0.29) is 0 Å². The Kier molecular flexibility index (Phi) is 8.51. The lowest BCUT2D eigenvalue weighted by molar-refractivity contribution is 0.389. The van der Waals surface area contributed by atoms with Crippen LogP contribution in [0.2, 0.25) is 33.2 Å². The van der Waals surface area contributed by atoms with E-state index in [0.29, 0.717) is 0 Å². The highest BCUT2D eigenvalue weighted by Crippen LogP contribution is 2.63. The van der Waals surface area contributed by atoms with Crippen molar-refractivity contribution in [3.8, 4) is 0 Å². The molecule has 0 N–H and O–H groups in total. The van der Waals surface area contributed by atoms with Crippen molar-refractivity contribution in [2.45, 2.75) is 177 Å². The van der Waals surface area contributed by atoms with Gasteiger partial charge in [-0.25, -0.2) is 0 Å². The van der Waals surface area contributed by atoms with Gasteiger partial charge in [0.05, 0.1) is 0 Å². The summed E-state index contributed by atoms with van der Waals surface area (Å²) in [7, 11) is -3.64. The molecule has 4 aliphatic rings. The van der Waals surface area contributed by atoms with Crippen LogP contribution in [0.4, 0.5) is 0 Å². The van der Waals surface area contributed by atoms with E-state index in [0.717, 1.165) is 33.2 Å². The largest absolute Gasteiger partial charge is 0.454 e. The van der Waals surface area contributed by atoms with Crippen molar-refractivity contribution in [2.75, 3.05) is 0 Å². The minimum Gasteiger partial charge on any atom is -0.454 e. The topological polar surface area (TPSA) is 9.23 Å². The summed E-state index contributed by atoms with van der Waals surface area (Å²) in [5.74, 6) is 0. The summed E-state index contributed by atoms with van der Waals surface area (Å²) in [5.41, 5.74) is 5.71. The first-order valence-electron chi connectivity index (χ1n) is 14.8. The van der Waals surface area contributed by atoms with E-state index in [2.05, 4.69) is 27.7 Å². The molecule has 180 valence electrons. The SMILES string of the molecule is CCC(C)[Si](O[Si](C(C)CC)(C1CCCC1)C1CCCC1)(C1CCCC1)C1CCCC1. The van der Waals surface area contributed by atoms with Gasteiger partial charge < -0.3 is 4.12 Å². The Morgan fingerprint density at radius 3 is 0.935 bits per heavy atom. The maximum atomic E-state index is 8.54. The average molecular weight is 463 g/mol. The van der Waals surface area contributed by atoms with Crippen LogP contribution in [0.1, 0.15) is 143 Å². The van der Waals surface area contributed by atoms with Crippen molar-refractivity contribution in [2.24, 2.45) is 0 Å². The maximum absolute atomic E-state index is 8.54. The molecule has 2 unspecified atom stereocenters. The molecule has 0 aromatic carbocycles. The van der Waals surface area contributed by atoms with Gasteiger partial charge in [0.1, 0.15) is 0 Å². The monoisotopic (exact) mass is 462 g/mol. The van der Waals surface area contributed by atoms with Gasteiger partial charge in [0.25, 0.3) is 0 Å². The lowest BCUT2D eigenvalue weighted by atomic mass is 10.3. The van der Waals surface area contributed by atoms with Crippen LogP contribution >= 0.6 is 0 Å². The van der Waals surface area contributed by atoms with Gasteiger partial charge in [0.2, 0.25) is 0 Å². The zero-order valence-electron chi connectivity index (χ0n) is 21.6. The van der Waals surface area contributed by atoms with E-state index in [1.165, 1.54) is 116 Å². The van der Waals surface area contributed by atoms with Crippen LogP contribution in [0.15, 0.2) is 0 Å². The molecule has 0 heterocycles. The van der Waals surface area contributed by atoms with Crippen molar-refractivity contribution in [1.29, 1.82) is 0 Å². The van der Waals surface area contributed by atoms with Gasteiger partial charge in [0, 0.05) is 0 Å². The van der Waals surface area contributed by atoms with Crippen LogP contribution in [0.3, 0.4) is 0 Å². The summed E-state index contributed by atoms with van der Waals surface area (Å²) < 4.78 is 8.54. The second-order valence-corrected chi connectivity index (χ2v) is 21.8. The maximum Gasteiger partial charge on any atom is 0.188 e. The molecule has 0 aliphatic heterocycles. The smallest absolute Gasteiger partial charge is 0.188 e. The van der Waals surface area contributed by atoms with E-state index in [1.807, 2.05) is 0 Å². The van der Waals surface area contributed by atoms with Crippen molar-refractivity contribution in [1.82, 2.24) is 0 Å². The van der Waals surface area contributed by atoms with Crippen LogP contribution < -0.4 is 0 Å². The molecule has 0 bridgehead atoms. The van der Waals surface area contributed by atoms with Gasteiger partial charge in [-0.1, -0.05) is 143 Å². The summed E-state index contributed by atoms with van der Waals surface area (Å²) in [6.07, 6.45) is 26.9. The highest BCUT2D eigenvalue weighted by molar-refractivity contribution is 6.91. The molecule has 4 rings (SSSR count). The fraction of sp³-hybridized carbons (Fsp3) is 1.00. The average Bonchev–Trinajstić information content (AvgIpc) is 3.62. The summed E-state index contributed by atoms with van der Waals surface area (Å²) in [4.78, 5) is 0. The third-order valence-electron chi connectivity index (χ3n) is 11.1. The molecule has 4 saturated carbocycles. The van der Waals surface area contributed by atoms with E-state index in [9.17, 15) is 0 Å². The molecule has 4 aliphatic carbocycles. The van der Waals surface area contributed by atoms with E-state index >= 15 is 0 Å². The van der Waals surface area contributed by atoms with Crippen LogP contribution in [-0.2, 0) is 4.12 Å². The number of hydrogen-bond acceptors (Lipinski definition) is 1. The highest BCUT2D eigenvalue weighted by atomic mass is 28.4. The summed E-state index contributed by atoms with van der Waals surface area (Å²) in [6, 6.07) is 0. The Bertz CT molecular complexity index is 459. The minimum atomic E-state index is -1.82. The zero-order valence-corrected chi connectivity index (χ0v) is 23.6. The Labute approximate surface area is 197 Å². The van der Waals surface area contributed by atoms with Gasteiger partial charge in [-0.15, -0.1) is 0 Å². The lowest BCUT2D eigenvalue weighted by Crippen LogP contribution is -2.62. The Hall–Kier alpha value is 0.394. The third kappa shape index (κ3) is 4.43. The summed E-state index contributed by atoms with van der Waals surface area (Å²) in [6.45, 7) is 10.4. The first-order valence-corrected chi connectivity index (χ1v) is 19.1. The summed E-state index contributed by atoms with van der Waals surface area (Å²) in [5, 5.41) is 0. The second-order valence-electron chi connectivity index (χ2n) is 12.4. The fourth-order valence-corrected chi connectivity index (χ4v) is 27.1. The third-order valence-corrected chi connectivity index (χ3v) is 25.2. The molecule has 0 spiro atoms. The molecule has 0 saturated heterocycles. The molecule has 0 aromatic heterocycles. The van der Waals surface area contributed by atoms with Gasteiger partial charge in [-0.05, 0) is 33.2 Å². The van der Waals surface area contributed by atoms with Crippen molar-refractivity contribution >= 4 is 16.6 Å². The van der Waals surface area contributed by atoms with Crippen LogP contribution in [0, 0.1) is 0 Å². The molecule has 2 atom stereocenters. The number of hydrogen-bond donors (Lipinski definition) is 0. The molecule has 1 nitrogen and oxygen atoms in total. The molecule has 0 radical (unpaired) electrons. The molecular formula is C28H54OSi2. The van der Waals surface area contributed by atoms with E-state index in [4.69, 9.17) is 4.12 Å². The van der Waals surface area contributed by atoms with Crippen LogP contribution in [-0.4, -0.2) is 16.6 Å². The van der Waals surface area contributed by atoms with Crippen LogP contribution in [0.25, 0.3) is 0 Å². The minimum absolute atomic E-state index is 0.873. The fourth-order valence-electron chi connectivity index (χ4n) is 9.26. The standard InChI is InChI=1S/C28H54OSi2/c1-5-23(3)30(25-15-7-8-16-25,26-17-9-10-18-26)29-31(24(4)6-2,27-19-11-12-20-27)28-21-13-14-22-28/h23-28H,5-22H2,1-4H3. The van der Waals surface area contributed by atoms with Gasteiger partial charge in [0.15, 0.2) is 16.6 Å². The second kappa shape index (κ2) is 10.8. The Morgan fingerprint density at radius 1 is 0.516 bits per heavy atom. The quantitative estimate of drug-likeness (QED) is 0.293. The molecule has 3 heteroatoms. The first-order chi connectivity index (χ1) is 15.1. The van der Waals surface area contributed by atoms with Crippen molar-refractivity contribution < 1.29 is 4.12 Å². The van der Waals surface area contributed by atoms with Crippen molar-refractivity contribution in [3.05, 3.63) is 0 Å². The Balaban J connectivity index is 1.82. The van der Waals surface area contributed by atoms with Crippen molar-refractivity contribution in [3.63, 3.8) is 0 Å². The normalized spacial score (nSPS) is 27.5. The molecular weight excluding hydrogens is 408 g/mol. The molecule has 31 heavy (non-hydrogen) atoms. The molecule has 0 aromatic rings. The molecule has 4 fully saturated rings. The predicted octanol–water partition coefficient (Wildman–Crippen LogP) is 10.3. The lowest BCUT2D eigenvalue weighted by Gasteiger charge is -2.57.